The monoisotopic (exact) mass is 235 g/mol. The largest absolute Gasteiger partial charge is 0.310 e. The van der Waals surface area contributed by atoms with Gasteiger partial charge in [0.05, 0.1) is 11.4 Å². The molecule has 0 fully saturated rings. The fourth-order valence-corrected chi connectivity index (χ4v) is 2.09. The van der Waals surface area contributed by atoms with Crippen LogP contribution in [0, 0.1) is 6.92 Å². The van der Waals surface area contributed by atoms with Crippen molar-refractivity contribution in [1.29, 1.82) is 0 Å². The Morgan fingerprint density at radius 3 is 2.53 bits per heavy atom. The Kier molecular flexibility index (Phi) is 6.12. The number of aromatic nitrogens is 2. The van der Waals surface area contributed by atoms with E-state index in [0.717, 1.165) is 30.8 Å². The molecule has 0 aliphatic heterocycles. The van der Waals surface area contributed by atoms with Crippen LogP contribution in [0.15, 0.2) is 6.07 Å². The van der Waals surface area contributed by atoms with Gasteiger partial charge in [0.1, 0.15) is 0 Å². The molecule has 0 saturated carbocycles. The number of nitrogens with zero attached hydrogens (tertiary/aromatic N) is 2. The van der Waals surface area contributed by atoms with Gasteiger partial charge in [-0.25, -0.2) is 0 Å². The Hall–Kier alpha value is -0.960. The molecule has 1 heterocycles. The lowest BCUT2D eigenvalue weighted by Crippen LogP contribution is -2.24. The molecule has 0 aliphatic rings. The van der Waals surface area contributed by atoms with Crippen molar-refractivity contribution in [1.82, 2.24) is 15.5 Å². The molecule has 0 aromatic carbocycles. The normalized spacial score (nSPS) is 12.7. The minimum atomic E-state index is 0.434. The lowest BCUT2D eigenvalue weighted by atomic mass is 9.99. The third-order valence-corrected chi connectivity index (χ3v) is 2.95. The van der Waals surface area contributed by atoms with E-state index in [1.54, 1.807) is 0 Å². The minimum absolute atomic E-state index is 0.434. The highest BCUT2D eigenvalue weighted by atomic mass is 15.1. The van der Waals surface area contributed by atoms with Gasteiger partial charge in [-0.15, -0.1) is 0 Å². The highest BCUT2D eigenvalue weighted by molar-refractivity contribution is 5.24. The average Bonchev–Trinajstić information content (AvgIpc) is 2.34. The van der Waals surface area contributed by atoms with Crippen LogP contribution >= 0.6 is 0 Å². The van der Waals surface area contributed by atoms with Crippen LogP contribution in [0.4, 0.5) is 0 Å². The molecular weight excluding hydrogens is 210 g/mol. The summed E-state index contributed by atoms with van der Waals surface area (Å²) in [6.45, 7) is 9.65. The summed E-state index contributed by atoms with van der Waals surface area (Å²) in [5.74, 6) is 0. The second-order valence-electron chi connectivity index (χ2n) is 4.54. The van der Waals surface area contributed by atoms with Crippen LogP contribution in [0.5, 0.6) is 0 Å². The average molecular weight is 235 g/mol. The van der Waals surface area contributed by atoms with Crippen LogP contribution in [-0.2, 0) is 6.42 Å². The molecule has 0 radical (unpaired) electrons. The van der Waals surface area contributed by atoms with Gasteiger partial charge in [-0.1, -0.05) is 27.2 Å². The second-order valence-corrected chi connectivity index (χ2v) is 4.54. The van der Waals surface area contributed by atoms with E-state index in [1.807, 2.05) is 6.92 Å². The van der Waals surface area contributed by atoms with Crippen molar-refractivity contribution in [2.45, 2.75) is 59.4 Å². The number of nitrogens with one attached hydrogen (secondary N) is 1. The van der Waals surface area contributed by atoms with Gasteiger partial charge in [0.2, 0.25) is 0 Å². The lowest BCUT2D eigenvalue weighted by molar-refractivity contribution is 0.487. The molecular formula is C14H25N3. The molecule has 3 nitrogen and oxygen atoms in total. The maximum atomic E-state index is 4.32. The van der Waals surface area contributed by atoms with E-state index in [9.17, 15) is 0 Å². The Bertz CT molecular complexity index is 336. The summed E-state index contributed by atoms with van der Waals surface area (Å²) in [6.07, 6.45) is 4.47. The fraction of sp³-hybridized carbons (Fsp3) is 0.714. The smallest absolute Gasteiger partial charge is 0.0676 e. The Morgan fingerprint density at radius 2 is 1.94 bits per heavy atom. The van der Waals surface area contributed by atoms with Gasteiger partial charge in [0, 0.05) is 6.04 Å². The summed E-state index contributed by atoms with van der Waals surface area (Å²) in [5, 5.41) is 12.1. The van der Waals surface area contributed by atoms with E-state index in [4.69, 9.17) is 0 Å². The van der Waals surface area contributed by atoms with Crippen LogP contribution < -0.4 is 5.32 Å². The van der Waals surface area contributed by atoms with Crippen molar-refractivity contribution >= 4 is 0 Å². The lowest BCUT2D eigenvalue weighted by Gasteiger charge is -2.20. The zero-order chi connectivity index (χ0) is 12.7. The molecule has 0 amide bonds. The van der Waals surface area contributed by atoms with E-state index in [1.165, 1.54) is 18.4 Å². The summed E-state index contributed by atoms with van der Waals surface area (Å²) < 4.78 is 0. The quantitative estimate of drug-likeness (QED) is 0.788. The Morgan fingerprint density at radius 1 is 1.18 bits per heavy atom. The predicted octanol–water partition coefficient (Wildman–Crippen LogP) is 3.19. The minimum Gasteiger partial charge on any atom is -0.310 e. The molecule has 17 heavy (non-hydrogen) atoms. The van der Waals surface area contributed by atoms with E-state index >= 15 is 0 Å². The molecule has 1 atom stereocenters. The molecule has 0 spiro atoms. The first kappa shape index (κ1) is 14.1. The van der Waals surface area contributed by atoms with Crippen molar-refractivity contribution in [3.63, 3.8) is 0 Å². The third-order valence-electron chi connectivity index (χ3n) is 2.95. The van der Waals surface area contributed by atoms with Crippen molar-refractivity contribution in [2.24, 2.45) is 0 Å². The standard InChI is InChI=1S/C14H25N3/c1-5-8-14(15-9-6-2)12-10-11(4)16-17-13(12)7-3/h10,14-15H,5-9H2,1-4H3. The molecule has 1 aromatic rings. The van der Waals surface area contributed by atoms with Gasteiger partial charge in [-0.2, -0.15) is 10.2 Å². The van der Waals surface area contributed by atoms with E-state index in [-0.39, 0.29) is 0 Å². The summed E-state index contributed by atoms with van der Waals surface area (Å²) in [6, 6.07) is 2.62. The van der Waals surface area contributed by atoms with Crippen LogP contribution in [0.2, 0.25) is 0 Å². The summed E-state index contributed by atoms with van der Waals surface area (Å²) in [4.78, 5) is 0. The van der Waals surface area contributed by atoms with E-state index in [0.29, 0.717) is 6.04 Å². The van der Waals surface area contributed by atoms with Crippen LogP contribution in [0.1, 0.15) is 63.0 Å². The van der Waals surface area contributed by atoms with Crippen molar-refractivity contribution < 1.29 is 0 Å². The fourth-order valence-electron chi connectivity index (χ4n) is 2.09. The molecule has 0 bridgehead atoms. The van der Waals surface area contributed by atoms with Gasteiger partial charge in [0.25, 0.3) is 0 Å². The first-order chi connectivity index (χ1) is 8.22. The Labute approximate surface area is 105 Å². The van der Waals surface area contributed by atoms with Gasteiger partial charge < -0.3 is 5.32 Å². The SMILES string of the molecule is CCCNC(CCC)c1cc(C)nnc1CC. The topological polar surface area (TPSA) is 37.8 Å². The molecule has 3 heteroatoms. The molecule has 1 unspecified atom stereocenters. The molecule has 0 saturated heterocycles. The third kappa shape index (κ3) is 4.08. The summed E-state index contributed by atoms with van der Waals surface area (Å²) in [7, 11) is 0. The first-order valence-corrected chi connectivity index (χ1v) is 6.79. The highest BCUT2D eigenvalue weighted by Gasteiger charge is 2.14. The van der Waals surface area contributed by atoms with Crippen molar-refractivity contribution in [3.8, 4) is 0 Å². The predicted molar refractivity (Wildman–Crippen MR) is 72.1 cm³/mol. The van der Waals surface area contributed by atoms with Crippen LogP contribution in [-0.4, -0.2) is 16.7 Å². The highest BCUT2D eigenvalue weighted by Crippen LogP contribution is 2.22. The number of aryl methyl sites for hydroxylation is 2. The second kappa shape index (κ2) is 7.38. The van der Waals surface area contributed by atoms with Gasteiger partial charge >= 0.3 is 0 Å². The number of hydrogen-bond acceptors (Lipinski definition) is 3. The van der Waals surface area contributed by atoms with E-state index in [2.05, 4.69) is 42.4 Å². The van der Waals surface area contributed by atoms with E-state index < -0.39 is 0 Å². The van der Waals surface area contributed by atoms with Crippen LogP contribution in [0.3, 0.4) is 0 Å². The molecule has 0 aliphatic carbocycles. The van der Waals surface area contributed by atoms with Crippen LogP contribution in [0.25, 0.3) is 0 Å². The molecule has 1 aromatic heterocycles. The summed E-state index contributed by atoms with van der Waals surface area (Å²) >= 11 is 0. The van der Waals surface area contributed by atoms with Crippen molar-refractivity contribution in [3.05, 3.63) is 23.0 Å². The zero-order valence-corrected chi connectivity index (χ0v) is 11.6. The maximum absolute atomic E-state index is 4.32. The number of rotatable bonds is 7. The maximum Gasteiger partial charge on any atom is 0.0676 e. The Balaban J connectivity index is 2.93. The number of hydrogen-bond donors (Lipinski definition) is 1. The van der Waals surface area contributed by atoms with Crippen molar-refractivity contribution in [2.75, 3.05) is 6.54 Å². The molecule has 96 valence electrons. The first-order valence-electron chi connectivity index (χ1n) is 6.79. The summed E-state index contributed by atoms with van der Waals surface area (Å²) in [5.41, 5.74) is 3.49. The van der Waals surface area contributed by atoms with Gasteiger partial charge in [-0.05, 0) is 44.4 Å². The van der Waals surface area contributed by atoms with Gasteiger partial charge in [0.15, 0.2) is 0 Å². The molecule has 1 N–H and O–H groups in total. The van der Waals surface area contributed by atoms with Gasteiger partial charge in [-0.3, -0.25) is 0 Å². The molecule has 1 rings (SSSR count). The zero-order valence-electron chi connectivity index (χ0n) is 11.6.